The molecule has 1 amide bonds. The fraction of sp³-hybridized carbons (Fsp3) is 0.261. The van der Waals surface area contributed by atoms with E-state index in [0.29, 0.717) is 29.2 Å². The molecule has 31 heavy (non-hydrogen) atoms. The predicted octanol–water partition coefficient (Wildman–Crippen LogP) is 4.07. The molecule has 0 saturated carbocycles. The standard InChI is InChI=1S/C23H21N3O5/c1-15-5-6-17(12-19(15)26(28)29)23(27)25-11-3-10-24-9-2-4-18(24)22(25)16-7-8-20-21(13-16)31-14-30-20/h2,4-9,12-13,22H,3,10-11,14H2,1H3/t22-/m1/s1. The van der Waals surface area contributed by atoms with E-state index in [4.69, 9.17) is 9.47 Å². The minimum atomic E-state index is -0.449. The number of hydrogen-bond donors (Lipinski definition) is 0. The average molecular weight is 419 g/mol. The second kappa shape index (κ2) is 7.46. The molecule has 0 aliphatic carbocycles. The summed E-state index contributed by atoms with van der Waals surface area (Å²) in [6.45, 7) is 3.17. The van der Waals surface area contributed by atoms with Gasteiger partial charge >= 0.3 is 0 Å². The van der Waals surface area contributed by atoms with E-state index in [2.05, 4.69) is 4.57 Å². The van der Waals surface area contributed by atoms with E-state index in [-0.39, 0.29) is 24.4 Å². The quantitative estimate of drug-likeness (QED) is 0.472. The molecular weight excluding hydrogens is 398 g/mol. The van der Waals surface area contributed by atoms with Crippen molar-refractivity contribution in [3.05, 3.63) is 87.2 Å². The predicted molar refractivity (Wildman–Crippen MR) is 112 cm³/mol. The van der Waals surface area contributed by atoms with Crippen molar-refractivity contribution in [2.45, 2.75) is 25.9 Å². The van der Waals surface area contributed by atoms with Crippen molar-refractivity contribution >= 4 is 11.6 Å². The van der Waals surface area contributed by atoms with Crippen LogP contribution in [0, 0.1) is 17.0 Å². The van der Waals surface area contributed by atoms with Crippen molar-refractivity contribution in [2.75, 3.05) is 13.3 Å². The maximum Gasteiger partial charge on any atom is 0.273 e. The highest BCUT2D eigenvalue weighted by atomic mass is 16.7. The number of benzene rings is 2. The molecule has 5 rings (SSSR count). The second-order valence-corrected chi connectivity index (χ2v) is 7.75. The monoisotopic (exact) mass is 419 g/mol. The highest BCUT2D eigenvalue weighted by Gasteiger charge is 2.33. The SMILES string of the molecule is Cc1ccc(C(=O)N2CCCn3cccc3[C@H]2c2ccc3c(c2)OCO3)cc1[N+](=O)[O-]. The largest absolute Gasteiger partial charge is 0.454 e. The number of aryl methyl sites for hydroxylation is 2. The number of nitro benzene ring substituents is 1. The van der Waals surface area contributed by atoms with Crippen molar-refractivity contribution in [3.63, 3.8) is 0 Å². The zero-order valence-electron chi connectivity index (χ0n) is 17.0. The minimum Gasteiger partial charge on any atom is -0.454 e. The molecule has 3 aromatic rings. The van der Waals surface area contributed by atoms with Crippen LogP contribution in [0.25, 0.3) is 0 Å². The first-order valence-corrected chi connectivity index (χ1v) is 10.1. The van der Waals surface area contributed by atoms with Crippen molar-refractivity contribution in [1.82, 2.24) is 9.47 Å². The smallest absolute Gasteiger partial charge is 0.273 e. The van der Waals surface area contributed by atoms with Gasteiger partial charge < -0.3 is 18.9 Å². The lowest BCUT2D eigenvalue weighted by molar-refractivity contribution is -0.385. The molecule has 8 heteroatoms. The van der Waals surface area contributed by atoms with Crippen LogP contribution in [0.4, 0.5) is 5.69 Å². The molecule has 0 N–H and O–H groups in total. The Bertz CT molecular complexity index is 1190. The van der Waals surface area contributed by atoms with Gasteiger partial charge in [-0.2, -0.15) is 0 Å². The summed E-state index contributed by atoms with van der Waals surface area (Å²) in [6.07, 6.45) is 2.79. The van der Waals surface area contributed by atoms with Gasteiger partial charge in [0.15, 0.2) is 11.5 Å². The molecule has 0 radical (unpaired) electrons. The van der Waals surface area contributed by atoms with Crippen molar-refractivity contribution in [3.8, 4) is 11.5 Å². The van der Waals surface area contributed by atoms with Gasteiger partial charge in [0.25, 0.3) is 11.6 Å². The van der Waals surface area contributed by atoms with Crippen LogP contribution in [0.5, 0.6) is 11.5 Å². The van der Waals surface area contributed by atoms with Crippen LogP contribution in [-0.4, -0.2) is 33.6 Å². The maximum absolute atomic E-state index is 13.6. The van der Waals surface area contributed by atoms with Gasteiger partial charge in [-0.3, -0.25) is 14.9 Å². The molecule has 1 atom stereocenters. The van der Waals surface area contributed by atoms with Gasteiger partial charge in [-0.15, -0.1) is 0 Å². The molecule has 2 aromatic carbocycles. The molecule has 0 saturated heterocycles. The molecule has 2 aliphatic rings. The number of nitro groups is 1. The molecule has 158 valence electrons. The normalized spacial score (nSPS) is 17.2. The third-order valence-electron chi connectivity index (χ3n) is 5.88. The first-order chi connectivity index (χ1) is 15.0. The second-order valence-electron chi connectivity index (χ2n) is 7.75. The summed E-state index contributed by atoms with van der Waals surface area (Å²) in [4.78, 5) is 26.4. The lowest BCUT2D eigenvalue weighted by Crippen LogP contribution is -2.35. The fourth-order valence-corrected chi connectivity index (χ4v) is 4.34. The number of rotatable bonds is 3. The summed E-state index contributed by atoms with van der Waals surface area (Å²) in [5.74, 6) is 1.10. The molecule has 0 spiro atoms. The van der Waals surface area contributed by atoms with Crippen molar-refractivity contribution in [2.24, 2.45) is 0 Å². The Morgan fingerprint density at radius 2 is 1.94 bits per heavy atom. The van der Waals surface area contributed by atoms with Crippen LogP contribution in [0.15, 0.2) is 54.7 Å². The van der Waals surface area contributed by atoms with E-state index in [1.165, 1.54) is 6.07 Å². The lowest BCUT2D eigenvalue weighted by Gasteiger charge is -2.31. The van der Waals surface area contributed by atoms with Crippen LogP contribution < -0.4 is 9.47 Å². The van der Waals surface area contributed by atoms with Crippen LogP contribution in [0.1, 0.15) is 39.6 Å². The summed E-state index contributed by atoms with van der Waals surface area (Å²) in [5, 5.41) is 11.4. The van der Waals surface area contributed by atoms with Crippen LogP contribution in [-0.2, 0) is 6.54 Å². The summed E-state index contributed by atoms with van der Waals surface area (Å²) in [6, 6.07) is 14.0. The Morgan fingerprint density at radius 1 is 1.10 bits per heavy atom. The lowest BCUT2D eigenvalue weighted by atomic mass is 9.99. The van der Waals surface area contributed by atoms with Crippen molar-refractivity contribution < 1.29 is 19.2 Å². The Kier molecular flexibility index (Phi) is 4.62. The summed E-state index contributed by atoms with van der Waals surface area (Å²) >= 11 is 0. The van der Waals surface area contributed by atoms with Gasteiger partial charge in [-0.25, -0.2) is 0 Å². The topological polar surface area (TPSA) is 86.8 Å². The van der Waals surface area contributed by atoms with E-state index in [0.717, 1.165) is 24.2 Å². The van der Waals surface area contributed by atoms with E-state index in [1.54, 1.807) is 24.0 Å². The van der Waals surface area contributed by atoms with Gasteiger partial charge in [0.05, 0.1) is 11.0 Å². The summed E-state index contributed by atoms with van der Waals surface area (Å²) in [7, 11) is 0. The summed E-state index contributed by atoms with van der Waals surface area (Å²) < 4.78 is 13.2. The molecule has 0 unspecified atom stereocenters. The number of nitrogens with zero attached hydrogens (tertiary/aromatic N) is 3. The molecule has 2 aliphatic heterocycles. The highest BCUT2D eigenvalue weighted by molar-refractivity contribution is 5.95. The molecule has 0 fully saturated rings. The Hall–Kier alpha value is -3.81. The number of carbonyl (C=O) groups is 1. The van der Waals surface area contributed by atoms with E-state index >= 15 is 0 Å². The van der Waals surface area contributed by atoms with Crippen molar-refractivity contribution in [1.29, 1.82) is 0 Å². The number of ether oxygens (including phenoxy) is 2. The van der Waals surface area contributed by atoms with Crippen LogP contribution in [0.2, 0.25) is 0 Å². The number of fused-ring (bicyclic) bond motifs is 2. The molecule has 0 bridgehead atoms. The third-order valence-corrected chi connectivity index (χ3v) is 5.88. The maximum atomic E-state index is 13.6. The van der Waals surface area contributed by atoms with Gasteiger partial charge in [0.1, 0.15) is 0 Å². The van der Waals surface area contributed by atoms with E-state index in [1.807, 2.05) is 36.5 Å². The number of carbonyl (C=O) groups excluding carboxylic acids is 1. The van der Waals surface area contributed by atoms with Gasteiger partial charge in [-0.1, -0.05) is 12.1 Å². The third kappa shape index (κ3) is 3.30. The van der Waals surface area contributed by atoms with E-state index < -0.39 is 4.92 Å². The zero-order valence-corrected chi connectivity index (χ0v) is 17.0. The molecular formula is C23H21N3O5. The fourth-order valence-electron chi connectivity index (χ4n) is 4.34. The number of amides is 1. The van der Waals surface area contributed by atoms with E-state index in [9.17, 15) is 14.9 Å². The number of hydrogen-bond acceptors (Lipinski definition) is 5. The minimum absolute atomic E-state index is 0.0522. The molecule has 8 nitrogen and oxygen atoms in total. The Morgan fingerprint density at radius 3 is 2.77 bits per heavy atom. The molecule has 1 aromatic heterocycles. The highest BCUT2D eigenvalue weighted by Crippen LogP contribution is 2.39. The number of aromatic nitrogens is 1. The Labute approximate surface area is 178 Å². The first-order valence-electron chi connectivity index (χ1n) is 10.1. The van der Waals surface area contributed by atoms with Crippen LogP contribution >= 0.6 is 0 Å². The average Bonchev–Trinajstić information content (AvgIpc) is 3.38. The van der Waals surface area contributed by atoms with Gasteiger partial charge in [0.2, 0.25) is 6.79 Å². The summed E-state index contributed by atoms with van der Waals surface area (Å²) in [5.41, 5.74) is 2.68. The molecule has 3 heterocycles. The zero-order chi connectivity index (χ0) is 21.5. The van der Waals surface area contributed by atoms with Crippen LogP contribution in [0.3, 0.4) is 0 Å². The Balaban J connectivity index is 1.60. The first kappa shape index (κ1) is 19.2. The van der Waals surface area contributed by atoms with Gasteiger partial charge in [-0.05, 0) is 49.2 Å². The van der Waals surface area contributed by atoms with Gasteiger partial charge in [0, 0.05) is 42.2 Å².